The first-order chi connectivity index (χ1) is 18.1. The summed E-state index contributed by atoms with van der Waals surface area (Å²) < 4.78 is 62.8. The lowest BCUT2D eigenvalue weighted by atomic mass is 10.1. The molecule has 0 saturated carbocycles. The van der Waals surface area contributed by atoms with Gasteiger partial charge in [0.05, 0.1) is 22.5 Å². The van der Waals surface area contributed by atoms with Gasteiger partial charge in [0.1, 0.15) is 5.75 Å². The molecule has 0 atom stereocenters. The lowest BCUT2D eigenvalue weighted by Gasteiger charge is -2.22. The fraction of sp³-hybridized carbons (Fsp3) is 0.269. The summed E-state index contributed by atoms with van der Waals surface area (Å²) in [7, 11) is -6.52. The van der Waals surface area contributed by atoms with Crippen LogP contribution in [-0.4, -0.2) is 47.8 Å². The zero-order valence-electron chi connectivity index (χ0n) is 20.7. The first kappa shape index (κ1) is 27.9. The Hall–Kier alpha value is -3.09. The second-order valence-corrected chi connectivity index (χ2v) is 13.1. The van der Waals surface area contributed by atoms with Crippen LogP contribution in [0.25, 0.3) is 0 Å². The van der Waals surface area contributed by atoms with Gasteiger partial charge in [-0.2, -0.15) is 0 Å². The third-order valence-corrected chi connectivity index (χ3v) is 9.42. The Balaban J connectivity index is 1.53. The molecule has 3 aromatic rings. The molecule has 0 aromatic heterocycles. The predicted octanol–water partition coefficient (Wildman–Crippen LogP) is 5.08. The quantitative estimate of drug-likeness (QED) is 0.362. The van der Waals surface area contributed by atoms with Crippen molar-refractivity contribution in [1.82, 2.24) is 4.90 Å². The second-order valence-electron chi connectivity index (χ2n) is 8.81. The Morgan fingerprint density at radius 3 is 1.82 bits per heavy atom. The fourth-order valence-electron chi connectivity index (χ4n) is 4.11. The van der Waals surface area contributed by atoms with Crippen molar-refractivity contribution in [2.75, 3.05) is 29.6 Å². The summed E-state index contributed by atoms with van der Waals surface area (Å²) in [4.78, 5) is 14.8. The van der Waals surface area contributed by atoms with E-state index in [-0.39, 0.29) is 26.9 Å². The van der Waals surface area contributed by atoms with E-state index in [1.807, 2.05) is 0 Å². The third kappa shape index (κ3) is 6.66. The van der Waals surface area contributed by atoms with E-state index < -0.39 is 20.0 Å². The van der Waals surface area contributed by atoms with Crippen LogP contribution < -0.4 is 14.2 Å². The number of hydrogen-bond donors (Lipinski definition) is 2. The Morgan fingerprint density at radius 2 is 1.26 bits per heavy atom. The Kier molecular flexibility index (Phi) is 8.64. The van der Waals surface area contributed by atoms with E-state index in [1.54, 1.807) is 29.2 Å². The lowest BCUT2D eigenvalue weighted by Crippen LogP contribution is -2.32. The van der Waals surface area contributed by atoms with Crippen LogP contribution in [0.5, 0.6) is 5.75 Å². The van der Waals surface area contributed by atoms with Crippen molar-refractivity contribution in [3.05, 3.63) is 76.8 Å². The smallest absolute Gasteiger partial charge is 0.261 e. The maximum atomic E-state index is 13.2. The molecule has 0 bridgehead atoms. The first-order valence-electron chi connectivity index (χ1n) is 12.0. The zero-order valence-corrected chi connectivity index (χ0v) is 23.9. The maximum absolute atomic E-state index is 13.2. The minimum Gasteiger partial charge on any atom is -0.496 e. The van der Waals surface area contributed by atoms with Gasteiger partial charge in [-0.1, -0.05) is 28.8 Å². The van der Waals surface area contributed by atoms with Gasteiger partial charge in [0.2, 0.25) is 0 Å². The van der Waals surface area contributed by atoms with Crippen molar-refractivity contribution >= 4 is 53.3 Å². The number of sulfonamides is 2. The molecule has 202 valence electrons. The highest BCUT2D eigenvalue weighted by Gasteiger charge is 2.24. The van der Waals surface area contributed by atoms with Crippen molar-refractivity contribution in [2.24, 2.45) is 0 Å². The van der Waals surface area contributed by atoms with Crippen LogP contribution >= 0.6 is 15.9 Å². The number of anilines is 2. The number of benzene rings is 3. The standard InChI is InChI=1S/C26H28BrN3O6S2/c1-36-25-15-14-23(18-24(25)26(31)30-16-4-2-3-5-17-30)38(34,35)29-21-10-12-22(13-11-21)37(32,33)28-20-8-6-19(27)7-9-20/h6-15,18,28-29H,2-5,16-17H2,1H3. The van der Waals surface area contributed by atoms with Gasteiger partial charge in [-0.15, -0.1) is 0 Å². The number of likely N-dealkylation sites (tertiary alicyclic amines) is 1. The van der Waals surface area contributed by atoms with Gasteiger partial charge in [0.15, 0.2) is 0 Å². The molecule has 2 N–H and O–H groups in total. The number of carbonyl (C=O) groups is 1. The highest BCUT2D eigenvalue weighted by atomic mass is 79.9. The van der Waals surface area contributed by atoms with E-state index in [9.17, 15) is 21.6 Å². The van der Waals surface area contributed by atoms with Crippen molar-refractivity contribution in [1.29, 1.82) is 0 Å². The monoisotopic (exact) mass is 621 g/mol. The number of amides is 1. The summed E-state index contributed by atoms with van der Waals surface area (Å²) >= 11 is 3.30. The molecule has 9 nitrogen and oxygen atoms in total. The maximum Gasteiger partial charge on any atom is 0.261 e. The average molecular weight is 623 g/mol. The van der Waals surface area contributed by atoms with Crippen LogP contribution in [-0.2, 0) is 20.0 Å². The SMILES string of the molecule is COc1ccc(S(=O)(=O)Nc2ccc(S(=O)(=O)Nc3ccc(Br)cc3)cc2)cc1C(=O)N1CCCCCC1. The molecule has 0 spiro atoms. The molecule has 1 fully saturated rings. The van der Waals surface area contributed by atoms with Crippen LogP contribution in [0.3, 0.4) is 0 Å². The molecule has 4 rings (SSSR count). The van der Waals surface area contributed by atoms with Gasteiger partial charge < -0.3 is 9.64 Å². The molecule has 1 heterocycles. The number of nitrogens with zero attached hydrogens (tertiary/aromatic N) is 1. The molecule has 1 aliphatic heterocycles. The van der Waals surface area contributed by atoms with Crippen molar-refractivity contribution in [3.8, 4) is 5.75 Å². The molecule has 1 aliphatic rings. The van der Waals surface area contributed by atoms with Crippen LogP contribution in [0.2, 0.25) is 0 Å². The van der Waals surface area contributed by atoms with Crippen molar-refractivity contribution in [3.63, 3.8) is 0 Å². The Labute approximate surface area is 231 Å². The first-order valence-corrected chi connectivity index (χ1v) is 15.7. The molecule has 0 unspecified atom stereocenters. The minimum absolute atomic E-state index is 0.0295. The highest BCUT2D eigenvalue weighted by Crippen LogP contribution is 2.27. The van der Waals surface area contributed by atoms with Gasteiger partial charge in [-0.25, -0.2) is 16.8 Å². The molecule has 1 saturated heterocycles. The van der Waals surface area contributed by atoms with Crippen molar-refractivity contribution < 1.29 is 26.4 Å². The topological polar surface area (TPSA) is 122 Å². The molecule has 1 amide bonds. The third-order valence-electron chi connectivity index (χ3n) is 6.12. The number of hydrogen-bond acceptors (Lipinski definition) is 6. The van der Waals surface area contributed by atoms with Gasteiger partial charge in [-0.05, 0) is 79.6 Å². The van der Waals surface area contributed by atoms with E-state index in [4.69, 9.17) is 4.74 Å². The molecule has 3 aromatic carbocycles. The number of nitrogens with one attached hydrogen (secondary N) is 2. The minimum atomic E-state index is -4.08. The largest absolute Gasteiger partial charge is 0.496 e. The van der Waals surface area contributed by atoms with E-state index in [0.717, 1.165) is 30.2 Å². The summed E-state index contributed by atoms with van der Waals surface area (Å²) in [5.74, 6) is 0.0275. The zero-order chi connectivity index (χ0) is 27.3. The number of carbonyl (C=O) groups excluding carboxylic acids is 1. The molecule has 0 radical (unpaired) electrons. The highest BCUT2D eigenvalue weighted by molar-refractivity contribution is 9.10. The van der Waals surface area contributed by atoms with Gasteiger partial charge in [0.25, 0.3) is 26.0 Å². The summed E-state index contributed by atoms with van der Waals surface area (Å²) in [6.45, 7) is 1.23. The van der Waals surface area contributed by atoms with Gasteiger partial charge in [-0.3, -0.25) is 14.2 Å². The number of halogens is 1. The van der Waals surface area contributed by atoms with E-state index in [2.05, 4.69) is 25.4 Å². The lowest BCUT2D eigenvalue weighted by molar-refractivity contribution is 0.0758. The molecule has 0 aliphatic carbocycles. The van der Waals surface area contributed by atoms with Gasteiger partial charge in [0, 0.05) is 28.9 Å². The van der Waals surface area contributed by atoms with Crippen LogP contribution in [0, 0.1) is 0 Å². The summed E-state index contributed by atoms with van der Waals surface area (Å²) in [5, 5.41) is 0. The number of ether oxygens (including phenoxy) is 1. The molecular formula is C26H28BrN3O6S2. The fourth-order valence-corrected chi connectivity index (χ4v) is 6.52. The Bertz CT molecular complexity index is 1500. The summed E-state index contributed by atoms with van der Waals surface area (Å²) in [6, 6.07) is 16.1. The summed E-state index contributed by atoms with van der Waals surface area (Å²) in [5.41, 5.74) is 0.740. The second kappa shape index (κ2) is 11.7. The van der Waals surface area contributed by atoms with E-state index >= 15 is 0 Å². The average Bonchev–Trinajstić information content (AvgIpc) is 3.19. The van der Waals surface area contributed by atoms with Crippen LogP contribution in [0.15, 0.2) is 81.0 Å². The van der Waals surface area contributed by atoms with E-state index in [1.165, 1.54) is 49.6 Å². The normalized spacial score (nSPS) is 14.4. The van der Waals surface area contributed by atoms with Crippen LogP contribution in [0.1, 0.15) is 36.0 Å². The predicted molar refractivity (Wildman–Crippen MR) is 150 cm³/mol. The number of rotatable bonds is 8. The molecule has 12 heteroatoms. The van der Waals surface area contributed by atoms with Crippen molar-refractivity contribution in [2.45, 2.75) is 35.5 Å². The van der Waals surface area contributed by atoms with Gasteiger partial charge >= 0.3 is 0 Å². The van der Waals surface area contributed by atoms with E-state index in [0.29, 0.717) is 24.5 Å². The number of methoxy groups -OCH3 is 1. The Morgan fingerprint density at radius 1 is 0.763 bits per heavy atom. The molecular weight excluding hydrogens is 594 g/mol. The summed E-state index contributed by atoms with van der Waals surface area (Å²) in [6.07, 6.45) is 3.91. The molecule has 38 heavy (non-hydrogen) atoms. The van der Waals surface area contributed by atoms with Crippen LogP contribution in [0.4, 0.5) is 11.4 Å².